The number of ether oxygens (including phenoxy) is 1. The average molecular weight is 350 g/mol. The zero-order chi connectivity index (χ0) is 17.3. The fourth-order valence-corrected chi connectivity index (χ4v) is 5.39. The van der Waals surface area contributed by atoms with E-state index in [-0.39, 0.29) is 23.3 Å². The number of benzene rings is 2. The molecule has 0 bridgehead atoms. The molecule has 1 saturated heterocycles. The van der Waals surface area contributed by atoms with Gasteiger partial charge >= 0.3 is 0 Å². The van der Waals surface area contributed by atoms with Crippen molar-refractivity contribution in [2.75, 3.05) is 25.2 Å². The van der Waals surface area contributed by atoms with E-state index in [4.69, 9.17) is 4.74 Å². The summed E-state index contributed by atoms with van der Waals surface area (Å²) in [5.41, 5.74) is 0.854. The Kier molecular flexibility index (Phi) is 4.69. The summed E-state index contributed by atoms with van der Waals surface area (Å²) in [6, 6.07) is 9.51. The summed E-state index contributed by atoms with van der Waals surface area (Å²) in [5, 5.41) is 12.4. The number of methoxy groups -OCH3 is 1. The molecule has 1 aliphatic rings. The second-order valence-electron chi connectivity index (χ2n) is 6.44. The number of phenols is 1. The molecule has 2 aromatic carbocycles. The van der Waals surface area contributed by atoms with Crippen LogP contribution in [-0.2, 0) is 16.4 Å². The minimum absolute atomic E-state index is 0.0975. The summed E-state index contributed by atoms with van der Waals surface area (Å²) in [4.78, 5) is 1.20. The maximum Gasteiger partial charge on any atom is 0.156 e. The molecule has 0 amide bonds. The first-order valence-corrected chi connectivity index (χ1v) is 10.1. The molecule has 1 aliphatic heterocycles. The smallest absolute Gasteiger partial charge is 0.156 e. The quantitative estimate of drug-likeness (QED) is 0.849. The van der Waals surface area contributed by atoms with Gasteiger partial charge in [-0.2, -0.15) is 0 Å². The minimum Gasteiger partial charge on any atom is -0.507 e. The van der Waals surface area contributed by atoms with E-state index >= 15 is 0 Å². The van der Waals surface area contributed by atoms with E-state index in [1.807, 2.05) is 24.3 Å². The first-order valence-electron chi connectivity index (χ1n) is 8.27. The van der Waals surface area contributed by atoms with Crippen molar-refractivity contribution in [2.24, 2.45) is 0 Å². The van der Waals surface area contributed by atoms with Gasteiger partial charge in [0.25, 0.3) is 0 Å². The van der Waals surface area contributed by atoms with Gasteiger partial charge < -0.3 is 14.7 Å². The summed E-state index contributed by atoms with van der Waals surface area (Å²) in [5.74, 6) is 1.51. The average Bonchev–Trinajstić information content (AvgIpc) is 2.93. The number of nitrogens with one attached hydrogen (secondary N) is 1. The van der Waals surface area contributed by atoms with Crippen LogP contribution in [0.5, 0.6) is 11.5 Å². The zero-order valence-electron chi connectivity index (χ0n) is 14.1. The van der Waals surface area contributed by atoms with Crippen LogP contribution in [0.2, 0.25) is 0 Å². The van der Waals surface area contributed by atoms with Gasteiger partial charge in [-0.25, -0.2) is 8.42 Å². The van der Waals surface area contributed by atoms with Gasteiger partial charge in [-0.1, -0.05) is 12.1 Å². The van der Waals surface area contributed by atoms with Gasteiger partial charge in [0.1, 0.15) is 29.8 Å². The molecule has 130 valence electrons. The maximum atomic E-state index is 11.8. The Bertz CT molecular complexity index is 847. The molecular weight excluding hydrogens is 326 g/mol. The summed E-state index contributed by atoms with van der Waals surface area (Å²) in [6.45, 7) is 3.48. The largest absolute Gasteiger partial charge is 0.507 e. The Balaban J connectivity index is 1.97. The van der Waals surface area contributed by atoms with E-state index in [1.54, 1.807) is 13.2 Å². The molecule has 6 heteroatoms. The van der Waals surface area contributed by atoms with Gasteiger partial charge in [0.15, 0.2) is 9.84 Å². The maximum absolute atomic E-state index is 11.8. The van der Waals surface area contributed by atoms with Gasteiger partial charge in [0, 0.05) is 6.42 Å². The van der Waals surface area contributed by atoms with Crippen molar-refractivity contribution in [1.82, 2.24) is 0 Å². The molecule has 0 aromatic heterocycles. The van der Waals surface area contributed by atoms with Gasteiger partial charge in [0.05, 0.1) is 25.0 Å². The van der Waals surface area contributed by atoms with Crippen molar-refractivity contribution < 1.29 is 23.2 Å². The highest BCUT2D eigenvalue weighted by molar-refractivity contribution is 7.91. The van der Waals surface area contributed by atoms with Crippen LogP contribution in [0.25, 0.3) is 10.8 Å². The monoisotopic (exact) mass is 350 g/mol. The Morgan fingerprint density at radius 3 is 2.67 bits per heavy atom. The Morgan fingerprint density at radius 1 is 1.29 bits per heavy atom. The fourth-order valence-electron chi connectivity index (χ4n) is 3.56. The lowest BCUT2D eigenvalue weighted by Crippen LogP contribution is -3.14. The third-order valence-electron chi connectivity index (χ3n) is 4.98. The van der Waals surface area contributed by atoms with E-state index in [0.717, 1.165) is 28.6 Å². The van der Waals surface area contributed by atoms with Crippen molar-refractivity contribution in [3.05, 3.63) is 35.9 Å². The Hall–Kier alpha value is -1.79. The molecule has 0 spiro atoms. The highest BCUT2D eigenvalue weighted by Crippen LogP contribution is 2.29. The lowest BCUT2D eigenvalue weighted by Gasteiger charge is -2.24. The highest BCUT2D eigenvalue weighted by atomic mass is 32.2. The first kappa shape index (κ1) is 17.0. The van der Waals surface area contributed by atoms with Crippen LogP contribution >= 0.6 is 0 Å². The van der Waals surface area contributed by atoms with Gasteiger partial charge in [0.2, 0.25) is 0 Å². The zero-order valence-corrected chi connectivity index (χ0v) is 14.9. The van der Waals surface area contributed by atoms with Crippen LogP contribution in [0, 0.1) is 0 Å². The summed E-state index contributed by atoms with van der Waals surface area (Å²) >= 11 is 0. The Labute approximate surface area is 142 Å². The minimum atomic E-state index is -2.91. The van der Waals surface area contributed by atoms with E-state index in [9.17, 15) is 13.5 Å². The van der Waals surface area contributed by atoms with Crippen LogP contribution < -0.4 is 9.64 Å². The number of fused-ring (bicyclic) bond motifs is 1. The molecule has 5 nitrogen and oxygen atoms in total. The molecule has 0 radical (unpaired) electrons. The van der Waals surface area contributed by atoms with Gasteiger partial charge in [-0.15, -0.1) is 0 Å². The number of hydrogen-bond acceptors (Lipinski definition) is 4. The van der Waals surface area contributed by atoms with E-state index < -0.39 is 9.84 Å². The molecule has 0 saturated carbocycles. The SMILES string of the molecule is CC[NH+](Cc1c(O)ccc2ccc(OC)cc12)[C@H]1CCS(=O)(=O)C1. The van der Waals surface area contributed by atoms with Gasteiger partial charge in [-0.05, 0) is 35.9 Å². The number of aromatic hydroxyl groups is 1. The standard InChI is InChI=1S/C18H23NO4S/c1-3-19(14-8-9-24(21,22)12-14)11-17-16-10-15(23-2)6-4-13(16)5-7-18(17)20/h4-7,10,14,20H,3,8-9,11-12H2,1-2H3/p+1/t14-/m0/s1. The number of hydrogen-bond donors (Lipinski definition) is 2. The van der Waals surface area contributed by atoms with Gasteiger partial charge in [-0.3, -0.25) is 0 Å². The fraction of sp³-hybridized carbons (Fsp3) is 0.444. The third-order valence-corrected chi connectivity index (χ3v) is 6.75. The molecule has 2 atom stereocenters. The topological polar surface area (TPSA) is 68.0 Å². The summed E-state index contributed by atoms with van der Waals surface area (Å²) < 4.78 is 28.9. The van der Waals surface area contributed by atoms with E-state index in [0.29, 0.717) is 13.0 Å². The first-order chi connectivity index (χ1) is 11.4. The van der Waals surface area contributed by atoms with Crippen LogP contribution in [-0.4, -0.2) is 44.7 Å². The normalized spacial score (nSPS) is 21.0. The molecule has 2 aromatic rings. The summed E-state index contributed by atoms with van der Waals surface area (Å²) in [6.07, 6.45) is 0.695. The lowest BCUT2D eigenvalue weighted by molar-refractivity contribution is -0.934. The van der Waals surface area contributed by atoms with Crippen molar-refractivity contribution in [3.8, 4) is 11.5 Å². The van der Waals surface area contributed by atoms with Crippen molar-refractivity contribution >= 4 is 20.6 Å². The molecule has 24 heavy (non-hydrogen) atoms. The molecule has 1 fully saturated rings. The molecule has 0 aliphatic carbocycles. The molecule has 3 rings (SSSR count). The van der Waals surface area contributed by atoms with E-state index in [1.165, 1.54) is 4.90 Å². The second kappa shape index (κ2) is 6.61. The molecule has 1 heterocycles. The summed E-state index contributed by atoms with van der Waals surface area (Å²) in [7, 11) is -1.29. The van der Waals surface area contributed by atoms with Crippen molar-refractivity contribution in [3.63, 3.8) is 0 Å². The molecule has 1 unspecified atom stereocenters. The van der Waals surface area contributed by atoms with Crippen LogP contribution in [0.3, 0.4) is 0 Å². The van der Waals surface area contributed by atoms with Crippen molar-refractivity contribution in [1.29, 1.82) is 0 Å². The predicted molar refractivity (Wildman–Crippen MR) is 94.4 cm³/mol. The van der Waals surface area contributed by atoms with Crippen molar-refractivity contribution in [2.45, 2.75) is 25.9 Å². The Morgan fingerprint density at radius 2 is 2.04 bits per heavy atom. The number of quaternary nitrogens is 1. The van der Waals surface area contributed by atoms with Crippen LogP contribution in [0.15, 0.2) is 30.3 Å². The van der Waals surface area contributed by atoms with Crippen LogP contribution in [0.4, 0.5) is 0 Å². The number of sulfone groups is 1. The number of rotatable bonds is 5. The third kappa shape index (κ3) is 3.35. The molecular formula is C18H24NO4S+. The van der Waals surface area contributed by atoms with Crippen LogP contribution in [0.1, 0.15) is 18.9 Å². The van der Waals surface area contributed by atoms with E-state index in [2.05, 4.69) is 6.92 Å². The predicted octanol–water partition coefficient (Wildman–Crippen LogP) is 1.15. The second-order valence-corrected chi connectivity index (χ2v) is 8.67. The lowest BCUT2D eigenvalue weighted by atomic mass is 10.0. The highest BCUT2D eigenvalue weighted by Gasteiger charge is 2.35. The number of phenolic OH excluding ortho intramolecular Hbond substituents is 1. The molecule has 2 N–H and O–H groups in total.